The predicted octanol–water partition coefficient (Wildman–Crippen LogP) is 0.454. The van der Waals surface area contributed by atoms with Crippen LogP contribution in [0.15, 0.2) is 12.1 Å². The third kappa shape index (κ3) is 1.65. The summed E-state index contributed by atoms with van der Waals surface area (Å²) in [5.41, 5.74) is -0.101. The van der Waals surface area contributed by atoms with Crippen LogP contribution in [0.25, 0.3) is 0 Å². The summed E-state index contributed by atoms with van der Waals surface area (Å²) < 4.78 is 0. The number of phenols is 1. The number of carboxylic acids is 1. The molecule has 0 amide bonds. The third-order valence-electron chi connectivity index (χ3n) is 1.74. The van der Waals surface area contributed by atoms with E-state index in [1.54, 1.807) is 6.07 Å². The zero-order valence-electron chi connectivity index (χ0n) is 7.06. The topological polar surface area (TPSA) is 102 Å². The van der Waals surface area contributed by atoms with Gasteiger partial charge in [-0.05, 0) is 17.7 Å². The molecule has 0 saturated carbocycles. The zero-order valence-corrected chi connectivity index (χ0v) is 7.06. The van der Waals surface area contributed by atoms with Crippen molar-refractivity contribution < 1.29 is 20.1 Å². The maximum atomic E-state index is 10.6. The molecule has 5 nitrogen and oxygen atoms in total. The molecule has 72 valence electrons. The normalized spacial score (nSPS) is 9.43. The summed E-state index contributed by atoms with van der Waals surface area (Å²) >= 11 is 0. The van der Waals surface area contributed by atoms with Crippen LogP contribution in [0.1, 0.15) is 21.5 Å². The maximum absolute atomic E-state index is 10.6. The van der Waals surface area contributed by atoms with Crippen molar-refractivity contribution in [2.24, 2.45) is 0 Å². The van der Waals surface area contributed by atoms with E-state index in [1.807, 2.05) is 0 Å². The van der Waals surface area contributed by atoms with E-state index in [0.717, 1.165) is 12.1 Å². The lowest BCUT2D eigenvalue weighted by Crippen LogP contribution is -2.00. The van der Waals surface area contributed by atoms with Crippen LogP contribution in [-0.2, 0) is 6.61 Å². The summed E-state index contributed by atoms with van der Waals surface area (Å²) in [5.74, 6) is -1.77. The molecule has 5 heteroatoms. The second-order valence-electron chi connectivity index (χ2n) is 2.60. The van der Waals surface area contributed by atoms with Gasteiger partial charge in [0.25, 0.3) is 0 Å². The van der Waals surface area contributed by atoms with Crippen molar-refractivity contribution in [2.75, 3.05) is 0 Å². The average Bonchev–Trinajstić information content (AvgIpc) is 2.16. The first-order valence-corrected chi connectivity index (χ1v) is 3.70. The van der Waals surface area contributed by atoms with Gasteiger partial charge in [0, 0.05) is 0 Å². The summed E-state index contributed by atoms with van der Waals surface area (Å²) in [6.07, 6.45) is 0. The van der Waals surface area contributed by atoms with E-state index in [1.165, 1.54) is 0 Å². The van der Waals surface area contributed by atoms with Gasteiger partial charge >= 0.3 is 5.97 Å². The summed E-state index contributed by atoms with van der Waals surface area (Å²) in [4.78, 5) is 10.6. The third-order valence-corrected chi connectivity index (χ3v) is 1.74. The monoisotopic (exact) mass is 193 g/mol. The van der Waals surface area contributed by atoms with Crippen LogP contribution in [0, 0.1) is 11.3 Å². The standard InChI is InChI=1S/C9H7NO4/c10-3-5-1-7(9(13)14)8(12)2-6(5)4-11/h1-2,11-12H,4H2,(H,13,14). The molecule has 3 N–H and O–H groups in total. The van der Waals surface area contributed by atoms with Crippen molar-refractivity contribution in [3.05, 3.63) is 28.8 Å². The molecule has 0 aliphatic heterocycles. The summed E-state index contributed by atoms with van der Waals surface area (Å²) in [5, 5.41) is 35.2. The highest BCUT2D eigenvalue weighted by Crippen LogP contribution is 2.22. The summed E-state index contributed by atoms with van der Waals surface area (Å²) in [6, 6.07) is 3.84. The minimum atomic E-state index is -1.32. The van der Waals surface area contributed by atoms with Crippen LogP contribution >= 0.6 is 0 Å². The zero-order chi connectivity index (χ0) is 10.7. The van der Waals surface area contributed by atoms with E-state index in [4.69, 9.17) is 15.5 Å². The van der Waals surface area contributed by atoms with Crippen molar-refractivity contribution >= 4 is 5.97 Å². The summed E-state index contributed by atoms with van der Waals surface area (Å²) in [7, 11) is 0. The molecule has 0 radical (unpaired) electrons. The number of hydrogen-bond acceptors (Lipinski definition) is 4. The smallest absolute Gasteiger partial charge is 0.339 e. The molecule has 0 fully saturated rings. The molecule has 0 aliphatic carbocycles. The Morgan fingerprint density at radius 3 is 2.57 bits per heavy atom. The molecule has 0 spiro atoms. The average molecular weight is 193 g/mol. The molecule has 0 heterocycles. The minimum Gasteiger partial charge on any atom is -0.507 e. The molecule has 0 bridgehead atoms. The lowest BCUT2D eigenvalue weighted by atomic mass is 10.0. The molecular weight excluding hydrogens is 186 g/mol. The Morgan fingerprint density at radius 2 is 2.14 bits per heavy atom. The molecule has 0 aromatic heterocycles. The van der Waals surface area contributed by atoms with Gasteiger partial charge in [-0.15, -0.1) is 0 Å². The fourth-order valence-corrected chi connectivity index (χ4v) is 1.04. The highest BCUT2D eigenvalue weighted by molar-refractivity contribution is 5.91. The van der Waals surface area contributed by atoms with E-state index in [2.05, 4.69) is 0 Å². The SMILES string of the molecule is N#Cc1cc(C(=O)O)c(O)cc1CO. The number of aliphatic hydroxyl groups excluding tert-OH is 1. The van der Waals surface area contributed by atoms with Crippen molar-refractivity contribution in [1.29, 1.82) is 5.26 Å². The summed E-state index contributed by atoms with van der Waals surface area (Å²) in [6.45, 7) is -0.420. The molecule has 1 aromatic rings. The van der Waals surface area contributed by atoms with Gasteiger partial charge in [0.2, 0.25) is 0 Å². The predicted molar refractivity (Wildman–Crippen MR) is 45.7 cm³/mol. The van der Waals surface area contributed by atoms with Gasteiger partial charge in [0.05, 0.1) is 18.2 Å². The number of carboxylic acid groups (broad SMARTS) is 1. The fourth-order valence-electron chi connectivity index (χ4n) is 1.04. The lowest BCUT2D eigenvalue weighted by molar-refractivity contribution is 0.0693. The maximum Gasteiger partial charge on any atom is 0.339 e. The van der Waals surface area contributed by atoms with Crippen molar-refractivity contribution in [3.63, 3.8) is 0 Å². The van der Waals surface area contributed by atoms with Crippen LogP contribution in [0.5, 0.6) is 5.75 Å². The van der Waals surface area contributed by atoms with E-state index < -0.39 is 18.3 Å². The van der Waals surface area contributed by atoms with Crippen molar-refractivity contribution in [1.82, 2.24) is 0 Å². The fraction of sp³-hybridized carbons (Fsp3) is 0.111. The van der Waals surface area contributed by atoms with Gasteiger partial charge in [-0.1, -0.05) is 0 Å². The van der Waals surface area contributed by atoms with Gasteiger partial charge in [-0.2, -0.15) is 5.26 Å². The van der Waals surface area contributed by atoms with Gasteiger partial charge in [-0.3, -0.25) is 0 Å². The van der Waals surface area contributed by atoms with E-state index in [-0.39, 0.29) is 16.7 Å². The first-order valence-electron chi connectivity index (χ1n) is 3.70. The first-order chi connectivity index (χ1) is 6.60. The van der Waals surface area contributed by atoms with Crippen LogP contribution in [0.4, 0.5) is 0 Å². The number of hydrogen-bond donors (Lipinski definition) is 3. The van der Waals surface area contributed by atoms with Gasteiger partial charge in [0.1, 0.15) is 11.3 Å². The quantitative estimate of drug-likeness (QED) is 0.633. The molecule has 1 aromatic carbocycles. The van der Waals surface area contributed by atoms with E-state index in [0.29, 0.717) is 0 Å². The molecule has 0 saturated heterocycles. The van der Waals surface area contributed by atoms with Crippen LogP contribution in [0.3, 0.4) is 0 Å². The van der Waals surface area contributed by atoms with Gasteiger partial charge < -0.3 is 15.3 Å². The number of benzene rings is 1. The number of rotatable bonds is 2. The Hall–Kier alpha value is -2.06. The molecule has 0 unspecified atom stereocenters. The van der Waals surface area contributed by atoms with Gasteiger partial charge in [-0.25, -0.2) is 4.79 Å². The number of aromatic carboxylic acids is 1. The number of nitriles is 1. The molecule has 0 aliphatic rings. The highest BCUT2D eigenvalue weighted by atomic mass is 16.4. The Bertz CT molecular complexity index is 420. The highest BCUT2D eigenvalue weighted by Gasteiger charge is 2.13. The van der Waals surface area contributed by atoms with E-state index in [9.17, 15) is 9.90 Å². The molecule has 0 atom stereocenters. The minimum absolute atomic E-state index is 0.0442. The van der Waals surface area contributed by atoms with Crippen molar-refractivity contribution in [3.8, 4) is 11.8 Å². The number of aromatic hydroxyl groups is 1. The van der Waals surface area contributed by atoms with Crippen LogP contribution in [-0.4, -0.2) is 21.3 Å². The molecule has 1 rings (SSSR count). The van der Waals surface area contributed by atoms with E-state index >= 15 is 0 Å². The van der Waals surface area contributed by atoms with Gasteiger partial charge in [0.15, 0.2) is 0 Å². The number of carbonyl (C=O) groups is 1. The molecular formula is C9H7NO4. The largest absolute Gasteiger partial charge is 0.507 e. The second-order valence-corrected chi connectivity index (χ2v) is 2.60. The molecule has 14 heavy (non-hydrogen) atoms. The Labute approximate surface area is 79.5 Å². The van der Waals surface area contributed by atoms with Crippen LogP contribution in [0.2, 0.25) is 0 Å². The number of nitrogens with zero attached hydrogens (tertiary/aromatic N) is 1. The Balaban J connectivity index is 3.40. The number of aliphatic hydroxyl groups is 1. The first kappa shape index (κ1) is 10.0. The van der Waals surface area contributed by atoms with Crippen LogP contribution < -0.4 is 0 Å². The lowest BCUT2D eigenvalue weighted by Gasteiger charge is -2.04. The Morgan fingerprint density at radius 1 is 1.50 bits per heavy atom. The van der Waals surface area contributed by atoms with Crippen molar-refractivity contribution in [2.45, 2.75) is 6.61 Å². The second kappa shape index (κ2) is 3.77. The Kier molecular flexibility index (Phi) is 2.70.